The minimum Gasteiger partial charge on any atom is -0.356 e. The highest BCUT2D eigenvalue weighted by molar-refractivity contribution is 14.0. The number of hydrogen-bond donors (Lipinski definition) is 2. The molecule has 1 fully saturated rings. The summed E-state index contributed by atoms with van der Waals surface area (Å²) in [5.41, 5.74) is -0.00189. The van der Waals surface area contributed by atoms with E-state index in [4.69, 9.17) is 0 Å². The van der Waals surface area contributed by atoms with E-state index in [1.54, 1.807) is 13.1 Å². The fourth-order valence-electron chi connectivity index (χ4n) is 3.06. The lowest BCUT2D eigenvalue weighted by molar-refractivity contribution is -0.137. The minimum atomic E-state index is -4.34. The molecular weight excluding hydrogens is 520 g/mol. The predicted molar refractivity (Wildman–Crippen MR) is 119 cm³/mol. The molecule has 1 aliphatic rings. The average molecular weight is 548 g/mol. The normalized spacial score (nSPS) is 18.2. The highest BCUT2D eigenvalue weighted by Gasteiger charge is 2.30. The van der Waals surface area contributed by atoms with Crippen LogP contribution in [0.2, 0.25) is 0 Å². The Labute approximate surface area is 187 Å². The Hall–Kier alpha value is -1.08. The number of halogens is 4. The van der Waals surface area contributed by atoms with Gasteiger partial charge in [-0.2, -0.15) is 13.2 Å². The molecule has 0 amide bonds. The molecule has 0 aliphatic carbocycles. The van der Waals surface area contributed by atoms with Crippen LogP contribution in [0.25, 0.3) is 0 Å². The van der Waals surface area contributed by atoms with Gasteiger partial charge in [-0.05, 0) is 30.4 Å². The lowest BCUT2D eigenvalue weighted by Gasteiger charge is -2.18. The molecule has 0 bridgehead atoms. The first-order chi connectivity index (χ1) is 13.1. The number of nitrogens with zero attached hydrogens (tertiary/aromatic N) is 2. The van der Waals surface area contributed by atoms with Gasteiger partial charge in [-0.15, -0.1) is 24.0 Å². The molecule has 1 saturated heterocycles. The molecule has 1 aromatic rings. The van der Waals surface area contributed by atoms with Crippen LogP contribution in [0.4, 0.5) is 13.2 Å². The summed E-state index contributed by atoms with van der Waals surface area (Å²) in [5.74, 6) is 0.684. The summed E-state index contributed by atoms with van der Waals surface area (Å²) in [5, 5.41) is 6.17. The Morgan fingerprint density at radius 3 is 2.55 bits per heavy atom. The summed E-state index contributed by atoms with van der Waals surface area (Å²) < 4.78 is 63.5. The second kappa shape index (κ2) is 11.3. The Morgan fingerprint density at radius 1 is 1.28 bits per heavy atom. The van der Waals surface area contributed by atoms with Crippen LogP contribution in [-0.4, -0.2) is 57.7 Å². The van der Waals surface area contributed by atoms with Gasteiger partial charge in [0.15, 0.2) is 5.96 Å². The smallest absolute Gasteiger partial charge is 0.356 e. The molecule has 11 heteroatoms. The number of aliphatic imine (C=N–C) groups is 1. The van der Waals surface area contributed by atoms with Crippen molar-refractivity contribution in [2.75, 3.05) is 39.0 Å². The topological polar surface area (TPSA) is 73.8 Å². The molecule has 1 atom stereocenters. The highest BCUT2D eigenvalue weighted by Crippen LogP contribution is 2.31. The van der Waals surface area contributed by atoms with Crippen molar-refractivity contribution in [3.63, 3.8) is 0 Å². The van der Waals surface area contributed by atoms with Crippen molar-refractivity contribution in [2.45, 2.75) is 31.9 Å². The first kappa shape index (κ1) is 26.0. The number of alkyl halides is 3. The third-order valence-corrected chi connectivity index (χ3v) is 6.69. The van der Waals surface area contributed by atoms with E-state index in [0.717, 1.165) is 6.07 Å². The van der Waals surface area contributed by atoms with Gasteiger partial charge in [0.2, 0.25) is 10.0 Å². The van der Waals surface area contributed by atoms with E-state index in [1.165, 1.54) is 16.4 Å². The van der Waals surface area contributed by atoms with Crippen LogP contribution in [-0.2, 0) is 16.2 Å². The maximum atomic E-state index is 12.8. The van der Waals surface area contributed by atoms with Crippen LogP contribution in [0.5, 0.6) is 0 Å². The van der Waals surface area contributed by atoms with Gasteiger partial charge in [-0.3, -0.25) is 4.99 Å². The maximum Gasteiger partial charge on any atom is 0.416 e. The number of sulfonamides is 1. The summed E-state index contributed by atoms with van der Waals surface area (Å²) in [7, 11) is -1.50. The predicted octanol–water partition coefficient (Wildman–Crippen LogP) is 3.02. The quantitative estimate of drug-likeness (QED) is 0.312. The standard InChI is InChI=1S/C18H27F3N4O2S.HI/c1-14(15-5-3-6-16(13-15)18(19,20)21)7-8-23-17(22-2)24-9-11-25-10-4-12-28(25,26)27;/h3,5-6,13-14H,4,7-12H2,1-2H3,(H2,22,23,24);1H. The number of rotatable bonds is 7. The van der Waals surface area contributed by atoms with E-state index in [2.05, 4.69) is 15.6 Å². The second-order valence-corrected chi connectivity index (χ2v) is 8.90. The summed E-state index contributed by atoms with van der Waals surface area (Å²) in [6.07, 6.45) is -3.06. The molecule has 0 aromatic heterocycles. The van der Waals surface area contributed by atoms with Crippen molar-refractivity contribution >= 4 is 40.0 Å². The Kier molecular flexibility index (Phi) is 10.2. The maximum absolute atomic E-state index is 12.8. The van der Waals surface area contributed by atoms with Gasteiger partial charge in [0.1, 0.15) is 0 Å². The van der Waals surface area contributed by atoms with E-state index < -0.39 is 21.8 Å². The molecule has 2 N–H and O–H groups in total. The zero-order valence-corrected chi connectivity index (χ0v) is 19.6. The molecule has 1 unspecified atom stereocenters. The SMILES string of the molecule is CN=C(NCCC(C)c1cccc(C(F)(F)F)c1)NCCN1CCCS1(=O)=O.I. The van der Waals surface area contributed by atoms with Crippen molar-refractivity contribution in [1.29, 1.82) is 0 Å². The first-order valence-electron chi connectivity index (χ1n) is 9.23. The van der Waals surface area contributed by atoms with Crippen molar-refractivity contribution in [2.24, 2.45) is 4.99 Å². The Balaban J connectivity index is 0.00000420. The molecule has 2 rings (SSSR count). The van der Waals surface area contributed by atoms with Gasteiger partial charge < -0.3 is 10.6 Å². The minimum absolute atomic E-state index is 0. The molecule has 6 nitrogen and oxygen atoms in total. The zero-order valence-electron chi connectivity index (χ0n) is 16.5. The molecule has 166 valence electrons. The first-order valence-corrected chi connectivity index (χ1v) is 10.8. The van der Waals surface area contributed by atoms with Gasteiger partial charge >= 0.3 is 6.18 Å². The highest BCUT2D eigenvalue weighted by atomic mass is 127. The molecule has 1 heterocycles. The largest absolute Gasteiger partial charge is 0.416 e. The lowest BCUT2D eigenvalue weighted by Crippen LogP contribution is -2.42. The van der Waals surface area contributed by atoms with Crippen LogP contribution >= 0.6 is 24.0 Å². The fraction of sp³-hybridized carbons (Fsp3) is 0.611. The van der Waals surface area contributed by atoms with Gasteiger partial charge in [0, 0.05) is 33.2 Å². The Morgan fingerprint density at radius 2 is 1.97 bits per heavy atom. The number of hydrogen-bond acceptors (Lipinski definition) is 3. The average Bonchev–Trinajstić information content (AvgIpc) is 2.98. The van der Waals surface area contributed by atoms with E-state index in [9.17, 15) is 21.6 Å². The van der Waals surface area contributed by atoms with Crippen LogP contribution in [0.1, 0.15) is 36.8 Å². The van der Waals surface area contributed by atoms with E-state index in [0.29, 0.717) is 50.5 Å². The van der Waals surface area contributed by atoms with Gasteiger partial charge in [-0.1, -0.05) is 25.1 Å². The zero-order chi connectivity index (χ0) is 20.8. The van der Waals surface area contributed by atoms with Crippen molar-refractivity contribution in [3.05, 3.63) is 35.4 Å². The van der Waals surface area contributed by atoms with Crippen molar-refractivity contribution in [3.8, 4) is 0 Å². The molecule has 0 saturated carbocycles. The summed E-state index contributed by atoms with van der Waals surface area (Å²) in [6, 6.07) is 5.38. The van der Waals surface area contributed by atoms with E-state index >= 15 is 0 Å². The van der Waals surface area contributed by atoms with Gasteiger partial charge in [-0.25, -0.2) is 12.7 Å². The summed E-state index contributed by atoms with van der Waals surface area (Å²) >= 11 is 0. The number of benzene rings is 1. The van der Waals surface area contributed by atoms with Crippen LogP contribution in [0.15, 0.2) is 29.3 Å². The van der Waals surface area contributed by atoms with E-state index in [1.807, 2.05) is 6.92 Å². The Bertz CT molecular complexity index is 788. The van der Waals surface area contributed by atoms with Gasteiger partial charge in [0.05, 0.1) is 11.3 Å². The summed E-state index contributed by atoms with van der Waals surface area (Å²) in [6.45, 7) is 3.76. The van der Waals surface area contributed by atoms with Gasteiger partial charge in [0.25, 0.3) is 0 Å². The molecule has 0 spiro atoms. The van der Waals surface area contributed by atoms with Crippen LogP contribution in [0.3, 0.4) is 0 Å². The number of guanidine groups is 1. The summed E-state index contributed by atoms with van der Waals surface area (Å²) in [4.78, 5) is 4.08. The third kappa shape index (κ3) is 7.93. The van der Waals surface area contributed by atoms with Crippen molar-refractivity contribution in [1.82, 2.24) is 14.9 Å². The number of nitrogens with one attached hydrogen (secondary N) is 2. The third-order valence-electron chi connectivity index (χ3n) is 4.73. The second-order valence-electron chi connectivity index (χ2n) is 6.81. The fourth-order valence-corrected chi connectivity index (χ4v) is 4.59. The molecule has 29 heavy (non-hydrogen) atoms. The molecular formula is C18H28F3IN4O2S. The van der Waals surface area contributed by atoms with E-state index in [-0.39, 0.29) is 35.6 Å². The van der Waals surface area contributed by atoms with Crippen LogP contribution in [0, 0.1) is 0 Å². The lowest BCUT2D eigenvalue weighted by atomic mass is 9.96. The molecule has 1 aromatic carbocycles. The molecule has 0 radical (unpaired) electrons. The monoisotopic (exact) mass is 548 g/mol. The van der Waals surface area contributed by atoms with Crippen LogP contribution < -0.4 is 10.6 Å². The van der Waals surface area contributed by atoms with Crippen molar-refractivity contribution < 1.29 is 21.6 Å². The molecule has 1 aliphatic heterocycles.